The van der Waals surface area contributed by atoms with Crippen molar-refractivity contribution >= 4 is 44.8 Å². The van der Waals surface area contributed by atoms with Crippen molar-refractivity contribution in [3.63, 3.8) is 0 Å². The monoisotopic (exact) mass is 530 g/mol. The molecule has 0 saturated heterocycles. The largest absolute Gasteiger partial charge is 0.418 e. The number of nitrogens with one attached hydrogen (secondary N) is 1. The van der Waals surface area contributed by atoms with Crippen molar-refractivity contribution in [2.24, 2.45) is 0 Å². The lowest BCUT2D eigenvalue weighted by atomic mass is 10.1. The van der Waals surface area contributed by atoms with Gasteiger partial charge >= 0.3 is 6.18 Å². The van der Waals surface area contributed by atoms with Crippen LogP contribution in [0.2, 0.25) is 10.0 Å². The Morgan fingerprint density at radius 3 is 2.12 bits per heavy atom. The molecular weight excluding hydrogens is 512 g/mol. The maximum absolute atomic E-state index is 13.4. The van der Waals surface area contributed by atoms with Gasteiger partial charge in [-0.3, -0.25) is 4.79 Å². The summed E-state index contributed by atoms with van der Waals surface area (Å²) in [5.74, 6) is -0.962. The second-order valence-corrected chi connectivity index (χ2v) is 10.1. The Bertz CT molecular complexity index is 1280. The van der Waals surface area contributed by atoms with Crippen LogP contribution in [0, 0.1) is 6.92 Å². The number of para-hydroxylation sites is 1. The van der Waals surface area contributed by atoms with E-state index in [0.29, 0.717) is 0 Å². The molecule has 11 heteroatoms. The van der Waals surface area contributed by atoms with Gasteiger partial charge in [-0.25, -0.2) is 8.42 Å². The molecule has 0 aliphatic heterocycles. The van der Waals surface area contributed by atoms with Crippen molar-refractivity contribution in [1.29, 1.82) is 0 Å². The standard InChI is InChI=1S/C23H19Cl2F3N2O3S/c1-15-9-11-16(12-10-15)34(32,33)30(13-17-19(24)6-4-7-20(17)25)14-22(31)29-21-8-3-2-5-18(21)23(26,27)28/h2-12H,13-14H2,1H3,(H,29,31). The lowest BCUT2D eigenvalue weighted by molar-refractivity contribution is -0.137. The zero-order valence-corrected chi connectivity index (χ0v) is 20.1. The molecule has 3 aromatic carbocycles. The van der Waals surface area contributed by atoms with E-state index in [1.807, 2.05) is 0 Å². The number of alkyl halides is 3. The van der Waals surface area contributed by atoms with Crippen molar-refractivity contribution in [2.45, 2.75) is 24.5 Å². The highest BCUT2D eigenvalue weighted by Gasteiger charge is 2.34. The Hall–Kier alpha value is -2.59. The zero-order chi connectivity index (χ0) is 25.1. The number of halogens is 5. The van der Waals surface area contributed by atoms with E-state index in [0.717, 1.165) is 22.0 Å². The van der Waals surface area contributed by atoms with Crippen LogP contribution in [-0.4, -0.2) is 25.2 Å². The van der Waals surface area contributed by atoms with E-state index in [2.05, 4.69) is 5.32 Å². The van der Waals surface area contributed by atoms with Crippen LogP contribution in [-0.2, 0) is 27.5 Å². The Morgan fingerprint density at radius 1 is 0.941 bits per heavy atom. The Kier molecular flexibility index (Phi) is 7.92. The molecule has 0 bridgehead atoms. The fourth-order valence-corrected chi connectivity index (χ4v) is 5.02. The summed E-state index contributed by atoms with van der Waals surface area (Å²) in [6, 6.07) is 15.0. The van der Waals surface area contributed by atoms with Crippen molar-refractivity contribution in [1.82, 2.24) is 4.31 Å². The average molecular weight is 531 g/mol. The van der Waals surface area contributed by atoms with Crippen molar-refractivity contribution in [2.75, 3.05) is 11.9 Å². The molecule has 1 N–H and O–H groups in total. The molecule has 0 atom stereocenters. The second kappa shape index (κ2) is 10.4. The molecule has 3 rings (SSSR count). The number of sulfonamides is 1. The van der Waals surface area contributed by atoms with Gasteiger partial charge in [0.05, 0.1) is 22.7 Å². The number of hydrogen-bond donors (Lipinski definition) is 1. The van der Waals surface area contributed by atoms with E-state index >= 15 is 0 Å². The van der Waals surface area contributed by atoms with Gasteiger partial charge < -0.3 is 5.32 Å². The molecule has 0 fully saturated rings. The summed E-state index contributed by atoms with van der Waals surface area (Å²) in [6.07, 6.45) is -4.71. The summed E-state index contributed by atoms with van der Waals surface area (Å²) >= 11 is 12.4. The van der Waals surface area contributed by atoms with E-state index < -0.39 is 39.9 Å². The molecule has 0 aliphatic carbocycles. The van der Waals surface area contributed by atoms with Gasteiger partial charge in [0.1, 0.15) is 0 Å². The molecule has 34 heavy (non-hydrogen) atoms. The molecule has 0 aromatic heterocycles. The molecule has 0 aliphatic rings. The minimum absolute atomic E-state index is 0.0928. The molecule has 0 heterocycles. The van der Waals surface area contributed by atoms with E-state index in [1.165, 1.54) is 36.4 Å². The highest BCUT2D eigenvalue weighted by Crippen LogP contribution is 2.34. The number of hydrogen-bond acceptors (Lipinski definition) is 3. The fraction of sp³-hybridized carbons (Fsp3) is 0.174. The third-order valence-electron chi connectivity index (χ3n) is 4.88. The number of anilines is 1. The molecule has 0 spiro atoms. The molecular formula is C23H19Cl2F3N2O3S. The number of rotatable bonds is 7. The summed E-state index contributed by atoms with van der Waals surface area (Å²) in [5, 5.41) is 2.52. The van der Waals surface area contributed by atoms with Gasteiger partial charge in [-0.05, 0) is 43.3 Å². The van der Waals surface area contributed by atoms with E-state index in [1.54, 1.807) is 25.1 Å². The number of amides is 1. The molecule has 0 radical (unpaired) electrons. The van der Waals surface area contributed by atoms with E-state index in [4.69, 9.17) is 23.2 Å². The Morgan fingerprint density at radius 2 is 1.53 bits per heavy atom. The predicted octanol–water partition coefficient (Wildman–Crippen LogP) is 6.15. The highest BCUT2D eigenvalue weighted by atomic mass is 35.5. The minimum Gasteiger partial charge on any atom is -0.324 e. The molecule has 3 aromatic rings. The topological polar surface area (TPSA) is 66.5 Å². The smallest absolute Gasteiger partial charge is 0.324 e. The average Bonchev–Trinajstić information content (AvgIpc) is 2.75. The van der Waals surface area contributed by atoms with Crippen molar-refractivity contribution in [3.05, 3.63) is 93.5 Å². The van der Waals surface area contributed by atoms with Gasteiger partial charge in [0.15, 0.2) is 0 Å². The third kappa shape index (κ3) is 6.09. The highest BCUT2D eigenvalue weighted by molar-refractivity contribution is 7.89. The van der Waals surface area contributed by atoms with Gasteiger partial charge in [-0.15, -0.1) is 0 Å². The van der Waals surface area contributed by atoms with Crippen LogP contribution >= 0.6 is 23.2 Å². The summed E-state index contributed by atoms with van der Waals surface area (Å²) < 4.78 is 67.4. The van der Waals surface area contributed by atoms with Crippen LogP contribution < -0.4 is 5.32 Å². The number of carbonyl (C=O) groups is 1. The van der Waals surface area contributed by atoms with Crippen molar-refractivity contribution < 1.29 is 26.4 Å². The van der Waals surface area contributed by atoms with Gasteiger partial charge in [0.2, 0.25) is 15.9 Å². The number of aryl methyl sites for hydroxylation is 1. The van der Waals surface area contributed by atoms with Crippen LogP contribution in [0.1, 0.15) is 16.7 Å². The molecule has 180 valence electrons. The zero-order valence-electron chi connectivity index (χ0n) is 17.7. The Labute approximate surface area is 205 Å². The van der Waals surface area contributed by atoms with Gasteiger partial charge in [0, 0.05) is 22.2 Å². The molecule has 5 nitrogen and oxygen atoms in total. The minimum atomic E-state index is -4.71. The predicted molar refractivity (Wildman–Crippen MR) is 125 cm³/mol. The first kappa shape index (κ1) is 26.0. The SMILES string of the molecule is Cc1ccc(S(=O)(=O)N(CC(=O)Nc2ccccc2C(F)(F)F)Cc2c(Cl)cccc2Cl)cc1. The maximum Gasteiger partial charge on any atom is 0.418 e. The normalized spacial score (nSPS) is 12.1. The van der Waals surface area contributed by atoms with Crippen LogP contribution in [0.25, 0.3) is 0 Å². The Balaban J connectivity index is 1.96. The molecule has 0 saturated carbocycles. The van der Waals surface area contributed by atoms with Gasteiger partial charge in [0.25, 0.3) is 0 Å². The first-order chi connectivity index (χ1) is 15.9. The van der Waals surface area contributed by atoms with Crippen LogP contribution in [0.15, 0.2) is 71.6 Å². The summed E-state index contributed by atoms with van der Waals surface area (Å²) in [5.41, 5.74) is -0.458. The summed E-state index contributed by atoms with van der Waals surface area (Å²) in [7, 11) is -4.24. The number of carbonyl (C=O) groups excluding carboxylic acids is 1. The van der Waals surface area contributed by atoms with Crippen LogP contribution in [0.3, 0.4) is 0 Å². The van der Waals surface area contributed by atoms with Crippen LogP contribution in [0.5, 0.6) is 0 Å². The summed E-state index contributed by atoms with van der Waals surface area (Å²) in [4.78, 5) is 12.7. The van der Waals surface area contributed by atoms with E-state index in [-0.39, 0.29) is 27.0 Å². The molecule has 1 amide bonds. The van der Waals surface area contributed by atoms with Gasteiger partial charge in [-0.1, -0.05) is 59.1 Å². The first-order valence-electron chi connectivity index (χ1n) is 9.85. The van der Waals surface area contributed by atoms with E-state index in [9.17, 15) is 26.4 Å². The quantitative estimate of drug-likeness (QED) is 0.398. The number of benzene rings is 3. The lowest BCUT2D eigenvalue weighted by Crippen LogP contribution is -2.38. The maximum atomic E-state index is 13.4. The second-order valence-electron chi connectivity index (χ2n) is 7.38. The van der Waals surface area contributed by atoms with Gasteiger partial charge in [-0.2, -0.15) is 17.5 Å². The summed E-state index contributed by atoms with van der Waals surface area (Å²) in [6.45, 7) is 0.635. The molecule has 0 unspecified atom stereocenters. The number of nitrogens with zero attached hydrogens (tertiary/aromatic N) is 1. The van der Waals surface area contributed by atoms with Crippen LogP contribution in [0.4, 0.5) is 18.9 Å². The lowest BCUT2D eigenvalue weighted by Gasteiger charge is -2.23. The fourth-order valence-electron chi connectivity index (χ4n) is 3.13. The third-order valence-corrected chi connectivity index (χ3v) is 7.40. The first-order valence-corrected chi connectivity index (χ1v) is 12.0. The van der Waals surface area contributed by atoms with Crippen molar-refractivity contribution in [3.8, 4) is 0 Å².